The first-order valence-corrected chi connectivity index (χ1v) is 9.35. The van der Waals surface area contributed by atoms with Gasteiger partial charge in [-0.1, -0.05) is 38.5 Å². The van der Waals surface area contributed by atoms with Gasteiger partial charge in [0.15, 0.2) is 0 Å². The fourth-order valence-electron chi connectivity index (χ4n) is 2.30. The van der Waals surface area contributed by atoms with Gasteiger partial charge in [-0.05, 0) is 29.7 Å². The van der Waals surface area contributed by atoms with Crippen molar-refractivity contribution in [3.8, 4) is 0 Å². The summed E-state index contributed by atoms with van der Waals surface area (Å²) in [4.78, 5) is 0. The second-order valence-corrected chi connectivity index (χ2v) is 8.12. The van der Waals surface area contributed by atoms with Crippen molar-refractivity contribution in [1.29, 1.82) is 0 Å². The average molecular weight is 281 g/mol. The maximum absolute atomic E-state index is 10.4. The lowest BCUT2D eigenvalue weighted by Gasteiger charge is -2.13. The molecule has 0 atom stereocenters. The quantitative estimate of drug-likeness (QED) is 0.325. The van der Waals surface area contributed by atoms with Crippen molar-refractivity contribution in [2.75, 3.05) is 18.8 Å². The van der Waals surface area contributed by atoms with E-state index in [1.807, 2.05) is 0 Å². The van der Waals surface area contributed by atoms with Gasteiger partial charge in [0.2, 0.25) is 0 Å². The summed E-state index contributed by atoms with van der Waals surface area (Å²) in [6.45, 7) is 1.59. The van der Waals surface area contributed by atoms with Crippen LogP contribution in [0.2, 0.25) is 0 Å². The summed E-state index contributed by atoms with van der Waals surface area (Å²) in [7, 11) is -3.27. The van der Waals surface area contributed by atoms with Gasteiger partial charge >= 0.3 is 9.15 Å². The van der Waals surface area contributed by atoms with Crippen LogP contribution in [0.15, 0.2) is 0 Å². The van der Waals surface area contributed by atoms with Crippen LogP contribution >= 0.6 is 10.8 Å². The van der Waals surface area contributed by atoms with Gasteiger partial charge in [-0.25, -0.2) is 0 Å². The van der Waals surface area contributed by atoms with Crippen LogP contribution < -0.4 is 5.32 Å². The van der Waals surface area contributed by atoms with Crippen molar-refractivity contribution in [2.24, 2.45) is 5.92 Å². The third-order valence-electron chi connectivity index (χ3n) is 3.22. The molecular formula is C11H23NO3S2. The van der Waals surface area contributed by atoms with Gasteiger partial charge in [-0.2, -0.15) is 8.42 Å². The Kier molecular flexibility index (Phi) is 7.50. The maximum Gasteiger partial charge on any atom is 0.319 e. The number of hydrogen-bond acceptors (Lipinski definition) is 4. The van der Waals surface area contributed by atoms with Crippen LogP contribution in [0.1, 0.15) is 44.9 Å². The number of hydrogen-bond donors (Lipinski definition) is 2. The molecule has 0 aromatic rings. The topological polar surface area (TPSA) is 66.4 Å². The summed E-state index contributed by atoms with van der Waals surface area (Å²) in [5.74, 6) is 1.25. The highest BCUT2D eigenvalue weighted by molar-refractivity contribution is 8.69. The first kappa shape index (κ1) is 15.3. The first-order chi connectivity index (χ1) is 8.08. The highest BCUT2D eigenvalue weighted by Gasteiger charge is 2.11. The second-order valence-electron chi connectivity index (χ2n) is 4.65. The summed E-state index contributed by atoms with van der Waals surface area (Å²) < 4.78 is 29.4. The molecular weight excluding hydrogens is 258 g/mol. The minimum atomic E-state index is -3.86. The van der Waals surface area contributed by atoms with Gasteiger partial charge in [-0.3, -0.25) is 4.55 Å². The number of nitrogens with one attached hydrogen (secondary N) is 1. The van der Waals surface area contributed by atoms with Crippen molar-refractivity contribution in [2.45, 2.75) is 44.9 Å². The van der Waals surface area contributed by atoms with Crippen molar-refractivity contribution in [1.82, 2.24) is 5.32 Å². The van der Waals surface area contributed by atoms with E-state index in [9.17, 15) is 8.42 Å². The van der Waals surface area contributed by atoms with Gasteiger partial charge in [0.1, 0.15) is 0 Å². The zero-order valence-electron chi connectivity index (χ0n) is 10.2. The fourth-order valence-corrected chi connectivity index (χ4v) is 3.62. The largest absolute Gasteiger partial charge is 0.319 e. The minimum absolute atomic E-state index is 0.406. The summed E-state index contributed by atoms with van der Waals surface area (Å²) in [5, 5.41) is 3.23. The molecule has 0 aliphatic heterocycles. The molecule has 0 amide bonds. The molecule has 0 radical (unpaired) electrons. The SMILES string of the molecule is O=S(=O)(O)SCCNCCC1CCCCCC1. The normalized spacial score (nSPS) is 19.1. The smallest absolute Gasteiger partial charge is 0.316 e. The zero-order chi connectivity index (χ0) is 12.6. The van der Waals surface area contributed by atoms with Crippen LogP contribution in [0.5, 0.6) is 0 Å². The molecule has 1 aliphatic rings. The fraction of sp³-hybridized carbons (Fsp3) is 1.00. The van der Waals surface area contributed by atoms with E-state index < -0.39 is 9.15 Å². The molecule has 0 spiro atoms. The Morgan fingerprint density at radius 3 is 2.35 bits per heavy atom. The number of rotatable bonds is 7. The predicted octanol–water partition coefficient (Wildman–Crippen LogP) is 2.47. The minimum Gasteiger partial charge on any atom is -0.316 e. The van der Waals surface area contributed by atoms with E-state index in [0.717, 1.165) is 12.5 Å². The Balaban J connectivity index is 1.96. The molecule has 0 unspecified atom stereocenters. The van der Waals surface area contributed by atoms with E-state index in [1.54, 1.807) is 0 Å². The molecule has 0 bridgehead atoms. The Morgan fingerprint density at radius 2 is 1.76 bits per heavy atom. The molecule has 1 saturated carbocycles. The Labute approximate surface area is 108 Å². The van der Waals surface area contributed by atoms with Gasteiger partial charge in [0, 0.05) is 12.3 Å². The van der Waals surface area contributed by atoms with Crippen molar-refractivity contribution in [3.63, 3.8) is 0 Å². The maximum atomic E-state index is 10.4. The van der Waals surface area contributed by atoms with Crippen LogP contribution in [-0.2, 0) is 9.15 Å². The van der Waals surface area contributed by atoms with Crippen molar-refractivity contribution >= 4 is 19.9 Å². The van der Waals surface area contributed by atoms with E-state index in [-0.39, 0.29) is 0 Å². The summed E-state index contributed by atoms with van der Waals surface area (Å²) in [6, 6.07) is 0. The van der Waals surface area contributed by atoms with E-state index in [4.69, 9.17) is 4.55 Å². The van der Waals surface area contributed by atoms with Gasteiger partial charge in [0.05, 0.1) is 0 Å². The van der Waals surface area contributed by atoms with E-state index in [2.05, 4.69) is 5.32 Å². The molecule has 0 saturated heterocycles. The Bertz CT molecular complexity index is 285. The molecule has 2 N–H and O–H groups in total. The van der Waals surface area contributed by atoms with Gasteiger partial charge < -0.3 is 5.32 Å². The Hall–Kier alpha value is 0.220. The highest BCUT2D eigenvalue weighted by Crippen LogP contribution is 2.24. The summed E-state index contributed by atoms with van der Waals surface area (Å²) >= 11 is 0. The molecule has 0 aromatic carbocycles. The monoisotopic (exact) mass is 281 g/mol. The molecule has 17 heavy (non-hydrogen) atoms. The predicted molar refractivity (Wildman–Crippen MR) is 72.7 cm³/mol. The third-order valence-corrected chi connectivity index (χ3v) is 5.28. The summed E-state index contributed by atoms with van der Waals surface area (Å²) in [5.41, 5.74) is 0. The summed E-state index contributed by atoms with van der Waals surface area (Å²) in [6.07, 6.45) is 9.38. The lowest BCUT2D eigenvalue weighted by molar-refractivity contribution is 0.418. The van der Waals surface area contributed by atoms with Crippen LogP contribution in [0, 0.1) is 5.92 Å². The molecule has 1 fully saturated rings. The lowest BCUT2D eigenvalue weighted by Crippen LogP contribution is -2.21. The van der Waals surface area contributed by atoms with E-state index in [0.29, 0.717) is 23.1 Å². The van der Waals surface area contributed by atoms with Crippen LogP contribution in [-0.4, -0.2) is 31.8 Å². The third kappa shape index (κ3) is 8.88. The molecule has 1 rings (SSSR count). The highest BCUT2D eigenvalue weighted by atomic mass is 33.1. The van der Waals surface area contributed by atoms with Crippen molar-refractivity contribution < 1.29 is 13.0 Å². The molecule has 102 valence electrons. The van der Waals surface area contributed by atoms with Crippen molar-refractivity contribution in [3.05, 3.63) is 0 Å². The van der Waals surface area contributed by atoms with E-state index >= 15 is 0 Å². The first-order valence-electron chi connectivity index (χ1n) is 6.40. The molecule has 6 heteroatoms. The lowest BCUT2D eigenvalue weighted by atomic mass is 9.97. The zero-order valence-corrected chi connectivity index (χ0v) is 11.9. The molecule has 1 aliphatic carbocycles. The van der Waals surface area contributed by atoms with Crippen LogP contribution in [0.4, 0.5) is 0 Å². The average Bonchev–Trinajstić information content (AvgIpc) is 2.50. The Morgan fingerprint density at radius 1 is 1.12 bits per heavy atom. The second kappa shape index (κ2) is 8.34. The van der Waals surface area contributed by atoms with Gasteiger partial charge in [-0.15, -0.1) is 0 Å². The van der Waals surface area contributed by atoms with Crippen LogP contribution in [0.25, 0.3) is 0 Å². The van der Waals surface area contributed by atoms with E-state index in [1.165, 1.54) is 44.9 Å². The van der Waals surface area contributed by atoms with Gasteiger partial charge in [0.25, 0.3) is 0 Å². The molecule has 0 aromatic heterocycles. The van der Waals surface area contributed by atoms with Crippen LogP contribution in [0.3, 0.4) is 0 Å². The standard InChI is InChI=1S/C11H23NO3S2/c13-17(14,15)16-10-9-12-8-7-11-5-3-1-2-4-6-11/h11-12H,1-10H2,(H,13,14,15). The molecule has 4 nitrogen and oxygen atoms in total. The molecule has 0 heterocycles.